The first-order chi connectivity index (χ1) is 9.24. The second-order valence-corrected chi connectivity index (χ2v) is 6.19. The predicted molar refractivity (Wildman–Crippen MR) is 69.5 cm³/mol. The molecule has 4 rings (SSSR count). The Morgan fingerprint density at radius 3 is 2.84 bits per heavy atom. The standard InChI is InChI=1S/C16H18O3/c17-10-1-2-11-9(7-10)8-19-16-13(11)4-3-12-14(16)5-6-15(12)18/h7,12,14,16H,1-6,8H2/t12-,14-,16?/m0/s1. The molecule has 3 aliphatic carbocycles. The Labute approximate surface area is 112 Å². The van der Waals surface area contributed by atoms with Crippen molar-refractivity contribution in [1.29, 1.82) is 0 Å². The molecule has 1 unspecified atom stereocenters. The lowest BCUT2D eigenvalue weighted by molar-refractivity contribution is -0.123. The van der Waals surface area contributed by atoms with Crippen molar-refractivity contribution in [3.05, 3.63) is 22.8 Å². The lowest BCUT2D eigenvalue weighted by Crippen LogP contribution is -2.39. The summed E-state index contributed by atoms with van der Waals surface area (Å²) in [6.45, 7) is 0.562. The van der Waals surface area contributed by atoms with E-state index < -0.39 is 0 Å². The van der Waals surface area contributed by atoms with Crippen molar-refractivity contribution in [2.24, 2.45) is 11.8 Å². The monoisotopic (exact) mass is 258 g/mol. The number of carbonyl (C=O) groups excluding carboxylic acids is 2. The van der Waals surface area contributed by atoms with Gasteiger partial charge in [-0.3, -0.25) is 9.59 Å². The number of rotatable bonds is 0. The summed E-state index contributed by atoms with van der Waals surface area (Å²) in [6, 6.07) is 0. The molecule has 100 valence electrons. The van der Waals surface area contributed by atoms with Gasteiger partial charge < -0.3 is 4.74 Å². The molecule has 0 aromatic rings. The smallest absolute Gasteiger partial charge is 0.156 e. The Balaban J connectivity index is 1.73. The first-order valence-electron chi connectivity index (χ1n) is 7.34. The second-order valence-electron chi connectivity index (χ2n) is 6.19. The fraction of sp³-hybridized carbons (Fsp3) is 0.625. The molecule has 3 heteroatoms. The molecule has 4 aliphatic rings. The average molecular weight is 258 g/mol. The molecule has 0 N–H and O–H groups in total. The van der Waals surface area contributed by atoms with E-state index in [2.05, 4.69) is 0 Å². The number of Topliss-reactive ketones (excluding diaryl/α,β-unsaturated/α-hetero) is 1. The minimum atomic E-state index is 0.158. The molecule has 2 fully saturated rings. The fourth-order valence-corrected chi connectivity index (χ4v) is 4.37. The van der Waals surface area contributed by atoms with E-state index >= 15 is 0 Å². The van der Waals surface area contributed by atoms with E-state index in [0.717, 1.165) is 37.7 Å². The van der Waals surface area contributed by atoms with Crippen molar-refractivity contribution >= 4 is 11.6 Å². The number of ether oxygens (including phenoxy) is 1. The van der Waals surface area contributed by atoms with Gasteiger partial charge in [0.05, 0.1) is 12.7 Å². The van der Waals surface area contributed by atoms with Crippen molar-refractivity contribution in [2.75, 3.05) is 6.61 Å². The molecule has 0 spiro atoms. The Kier molecular flexibility index (Phi) is 2.52. The lowest BCUT2D eigenvalue weighted by atomic mass is 9.71. The van der Waals surface area contributed by atoms with Crippen LogP contribution in [0.1, 0.15) is 38.5 Å². The fourth-order valence-electron chi connectivity index (χ4n) is 4.37. The van der Waals surface area contributed by atoms with Crippen molar-refractivity contribution in [2.45, 2.75) is 44.6 Å². The Morgan fingerprint density at radius 2 is 1.95 bits per heavy atom. The minimum absolute atomic E-state index is 0.158. The number of hydrogen-bond acceptors (Lipinski definition) is 3. The number of hydrogen-bond donors (Lipinski definition) is 0. The van der Waals surface area contributed by atoms with E-state index in [0.29, 0.717) is 24.7 Å². The number of carbonyl (C=O) groups is 2. The third kappa shape index (κ3) is 1.68. The van der Waals surface area contributed by atoms with Gasteiger partial charge in [-0.25, -0.2) is 0 Å². The molecule has 0 aromatic carbocycles. The van der Waals surface area contributed by atoms with Gasteiger partial charge in [-0.15, -0.1) is 0 Å². The molecular formula is C16H18O3. The van der Waals surface area contributed by atoms with Gasteiger partial charge in [-0.05, 0) is 54.4 Å². The molecule has 3 atom stereocenters. The third-order valence-corrected chi connectivity index (χ3v) is 5.26. The van der Waals surface area contributed by atoms with E-state index in [1.54, 1.807) is 6.08 Å². The van der Waals surface area contributed by atoms with Crippen LogP contribution in [-0.4, -0.2) is 24.3 Å². The summed E-state index contributed by atoms with van der Waals surface area (Å²) in [4.78, 5) is 23.4. The van der Waals surface area contributed by atoms with Gasteiger partial charge in [0.25, 0.3) is 0 Å². The molecule has 3 nitrogen and oxygen atoms in total. The highest BCUT2D eigenvalue weighted by Gasteiger charge is 2.46. The van der Waals surface area contributed by atoms with E-state index in [9.17, 15) is 9.59 Å². The highest BCUT2D eigenvalue weighted by Crippen LogP contribution is 2.48. The van der Waals surface area contributed by atoms with Crippen LogP contribution in [0.25, 0.3) is 0 Å². The molecule has 1 aliphatic heterocycles. The van der Waals surface area contributed by atoms with Crippen LogP contribution < -0.4 is 0 Å². The maximum Gasteiger partial charge on any atom is 0.156 e. The molecule has 0 radical (unpaired) electrons. The maximum absolute atomic E-state index is 11.9. The topological polar surface area (TPSA) is 43.4 Å². The van der Waals surface area contributed by atoms with Gasteiger partial charge in [-0.1, -0.05) is 0 Å². The molecule has 0 aromatic heterocycles. The zero-order chi connectivity index (χ0) is 13.0. The van der Waals surface area contributed by atoms with Crippen LogP contribution in [0.5, 0.6) is 0 Å². The summed E-state index contributed by atoms with van der Waals surface area (Å²) in [5, 5.41) is 0. The summed E-state index contributed by atoms with van der Waals surface area (Å²) in [5.74, 6) is 1.32. The molecule has 2 saturated carbocycles. The van der Waals surface area contributed by atoms with Gasteiger partial charge in [0, 0.05) is 18.8 Å². The average Bonchev–Trinajstić information content (AvgIpc) is 2.80. The van der Waals surface area contributed by atoms with E-state index in [4.69, 9.17) is 4.74 Å². The Bertz CT molecular complexity index is 526. The summed E-state index contributed by atoms with van der Waals surface area (Å²) in [5.41, 5.74) is 3.89. The van der Waals surface area contributed by atoms with E-state index in [-0.39, 0.29) is 17.8 Å². The summed E-state index contributed by atoms with van der Waals surface area (Å²) < 4.78 is 6.03. The van der Waals surface area contributed by atoms with Gasteiger partial charge in [0.1, 0.15) is 5.78 Å². The highest BCUT2D eigenvalue weighted by molar-refractivity contribution is 5.93. The summed E-state index contributed by atoms with van der Waals surface area (Å²) in [7, 11) is 0. The SMILES string of the molecule is O=C1C=C2COC3C(=C2CC1)CC[C@@H]1C(=O)CC[C@H]31. The zero-order valence-electron chi connectivity index (χ0n) is 11.0. The van der Waals surface area contributed by atoms with Gasteiger partial charge >= 0.3 is 0 Å². The first kappa shape index (κ1) is 11.6. The molecule has 0 bridgehead atoms. The quantitative estimate of drug-likeness (QED) is 0.670. The van der Waals surface area contributed by atoms with Crippen molar-refractivity contribution in [3.8, 4) is 0 Å². The summed E-state index contributed by atoms with van der Waals surface area (Å²) >= 11 is 0. The minimum Gasteiger partial charge on any atom is -0.369 e. The van der Waals surface area contributed by atoms with Crippen molar-refractivity contribution in [3.63, 3.8) is 0 Å². The third-order valence-electron chi connectivity index (χ3n) is 5.26. The summed E-state index contributed by atoms with van der Waals surface area (Å²) in [6.07, 6.45) is 7.15. The Hall–Kier alpha value is -1.22. The molecule has 0 saturated heterocycles. The number of fused-ring (bicyclic) bond motifs is 4. The first-order valence-corrected chi connectivity index (χ1v) is 7.34. The van der Waals surface area contributed by atoms with Crippen LogP contribution in [-0.2, 0) is 14.3 Å². The maximum atomic E-state index is 11.9. The number of ketones is 2. The second kappa shape index (κ2) is 4.14. The molecule has 19 heavy (non-hydrogen) atoms. The van der Waals surface area contributed by atoms with Gasteiger partial charge in [0.15, 0.2) is 5.78 Å². The van der Waals surface area contributed by atoms with Crippen LogP contribution >= 0.6 is 0 Å². The van der Waals surface area contributed by atoms with Gasteiger partial charge in [-0.2, -0.15) is 0 Å². The van der Waals surface area contributed by atoms with Crippen LogP contribution in [0.2, 0.25) is 0 Å². The van der Waals surface area contributed by atoms with Crippen LogP contribution in [0, 0.1) is 11.8 Å². The van der Waals surface area contributed by atoms with Crippen LogP contribution in [0.4, 0.5) is 0 Å². The van der Waals surface area contributed by atoms with Gasteiger partial charge in [0.2, 0.25) is 0 Å². The lowest BCUT2D eigenvalue weighted by Gasteiger charge is -2.41. The normalized spacial score (nSPS) is 37.7. The van der Waals surface area contributed by atoms with Crippen molar-refractivity contribution < 1.29 is 14.3 Å². The van der Waals surface area contributed by atoms with Crippen LogP contribution in [0.3, 0.4) is 0 Å². The largest absolute Gasteiger partial charge is 0.369 e. The molecular weight excluding hydrogens is 240 g/mol. The zero-order valence-corrected chi connectivity index (χ0v) is 11.0. The number of allylic oxidation sites excluding steroid dienone is 1. The van der Waals surface area contributed by atoms with Crippen LogP contribution in [0.15, 0.2) is 22.8 Å². The van der Waals surface area contributed by atoms with Crippen molar-refractivity contribution in [1.82, 2.24) is 0 Å². The Morgan fingerprint density at radius 1 is 1.05 bits per heavy atom. The molecule has 0 amide bonds. The highest BCUT2D eigenvalue weighted by atomic mass is 16.5. The molecule has 1 heterocycles. The predicted octanol–water partition coefficient (Wildman–Crippen LogP) is 2.36. The van der Waals surface area contributed by atoms with E-state index in [1.165, 1.54) is 11.1 Å². The van der Waals surface area contributed by atoms with E-state index in [1.807, 2.05) is 0 Å².